The van der Waals surface area contributed by atoms with Crippen molar-refractivity contribution in [1.29, 1.82) is 0 Å². The predicted octanol–water partition coefficient (Wildman–Crippen LogP) is 1.61. The molecule has 2 rings (SSSR count). The SMILES string of the molecule is CCNc1nc(Cl)nc(NCc2cn(C)nc2C)n1. The summed E-state index contributed by atoms with van der Waals surface area (Å²) in [6.45, 7) is 5.23. The van der Waals surface area contributed by atoms with Gasteiger partial charge < -0.3 is 10.6 Å². The highest BCUT2D eigenvalue weighted by Gasteiger charge is 2.06. The van der Waals surface area contributed by atoms with Gasteiger partial charge in [-0.3, -0.25) is 4.68 Å². The summed E-state index contributed by atoms with van der Waals surface area (Å²) >= 11 is 5.84. The van der Waals surface area contributed by atoms with Gasteiger partial charge in [-0.1, -0.05) is 0 Å². The van der Waals surface area contributed by atoms with Crippen molar-refractivity contribution in [3.05, 3.63) is 22.7 Å². The van der Waals surface area contributed by atoms with Crippen LogP contribution in [-0.2, 0) is 13.6 Å². The van der Waals surface area contributed by atoms with E-state index in [1.165, 1.54) is 0 Å². The van der Waals surface area contributed by atoms with Crippen LogP contribution in [-0.4, -0.2) is 31.3 Å². The Balaban J connectivity index is 2.08. The van der Waals surface area contributed by atoms with Crippen molar-refractivity contribution in [1.82, 2.24) is 24.7 Å². The highest BCUT2D eigenvalue weighted by molar-refractivity contribution is 6.28. The smallest absolute Gasteiger partial charge is 0.229 e. The second-order valence-corrected chi connectivity index (χ2v) is 4.39. The highest BCUT2D eigenvalue weighted by Crippen LogP contribution is 2.11. The van der Waals surface area contributed by atoms with Crippen molar-refractivity contribution in [2.45, 2.75) is 20.4 Å². The van der Waals surface area contributed by atoms with E-state index >= 15 is 0 Å². The molecular formula is C11H16ClN7. The van der Waals surface area contributed by atoms with Gasteiger partial charge in [0.25, 0.3) is 0 Å². The molecule has 8 heteroatoms. The van der Waals surface area contributed by atoms with Gasteiger partial charge in [-0.2, -0.15) is 20.1 Å². The van der Waals surface area contributed by atoms with Crippen molar-refractivity contribution >= 4 is 23.5 Å². The summed E-state index contributed by atoms with van der Waals surface area (Å²) in [5.74, 6) is 0.909. The Hall–Kier alpha value is -1.89. The second-order valence-electron chi connectivity index (χ2n) is 4.05. The topological polar surface area (TPSA) is 80.5 Å². The van der Waals surface area contributed by atoms with Crippen LogP contribution in [0, 0.1) is 6.92 Å². The van der Waals surface area contributed by atoms with E-state index in [1.807, 2.05) is 27.1 Å². The van der Waals surface area contributed by atoms with Crippen LogP contribution in [0.5, 0.6) is 0 Å². The van der Waals surface area contributed by atoms with Crippen molar-refractivity contribution in [2.24, 2.45) is 7.05 Å². The lowest BCUT2D eigenvalue weighted by atomic mass is 10.3. The molecule has 0 spiro atoms. The number of hydrogen-bond acceptors (Lipinski definition) is 6. The predicted molar refractivity (Wildman–Crippen MR) is 74.3 cm³/mol. The van der Waals surface area contributed by atoms with Crippen molar-refractivity contribution in [2.75, 3.05) is 17.2 Å². The molecule has 0 unspecified atom stereocenters. The molecule has 19 heavy (non-hydrogen) atoms. The van der Waals surface area contributed by atoms with Crippen LogP contribution < -0.4 is 10.6 Å². The molecule has 7 nitrogen and oxygen atoms in total. The van der Waals surface area contributed by atoms with E-state index in [0.29, 0.717) is 18.4 Å². The van der Waals surface area contributed by atoms with Crippen LogP contribution >= 0.6 is 11.6 Å². The Kier molecular flexibility index (Phi) is 4.16. The van der Waals surface area contributed by atoms with Gasteiger partial charge in [0.05, 0.1) is 5.69 Å². The van der Waals surface area contributed by atoms with E-state index < -0.39 is 0 Å². The molecule has 0 saturated carbocycles. The van der Waals surface area contributed by atoms with Crippen molar-refractivity contribution < 1.29 is 0 Å². The molecule has 0 bridgehead atoms. The molecule has 0 fully saturated rings. The summed E-state index contributed by atoms with van der Waals surface area (Å²) in [6, 6.07) is 0. The number of halogens is 1. The molecule has 0 atom stereocenters. The molecule has 0 aromatic carbocycles. The molecule has 0 aliphatic rings. The minimum atomic E-state index is 0.163. The zero-order valence-corrected chi connectivity index (χ0v) is 11.9. The minimum Gasteiger partial charge on any atom is -0.354 e. The summed E-state index contributed by atoms with van der Waals surface area (Å²) in [6.07, 6.45) is 1.95. The molecule has 102 valence electrons. The molecule has 0 radical (unpaired) electrons. The zero-order chi connectivity index (χ0) is 13.8. The van der Waals surface area contributed by atoms with E-state index in [1.54, 1.807) is 4.68 Å². The standard InChI is InChI=1S/C11H16ClN7/c1-4-13-10-15-9(12)16-11(17-10)14-5-8-6-19(3)18-7(8)2/h6H,4-5H2,1-3H3,(H2,13,14,15,16,17). The summed E-state index contributed by atoms with van der Waals surface area (Å²) in [5.41, 5.74) is 2.06. The quantitative estimate of drug-likeness (QED) is 0.867. The lowest BCUT2D eigenvalue weighted by Gasteiger charge is -2.06. The van der Waals surface area contributed by atoms with Crippen molar-refractivity contribution in [3.8, 4) is 0 Å². The van der Waals surface area contributed by atoms with Gasteiger partial charge in [0.2, 0.25) is 17.2 Å². The summed E-state index contributed by atoms with van der Waals surface area (Å²) in [7, 11) is 1.89. The Morgan fingerprint density at radius 3 is 2.47 bits per heavy atom. The van der Waals surface area contributed by atoms with Crippen LogP contribution in [0.2, 0.25) is 5.28 Å². The third kappa shape index (κ3) is 3.54. The average molecular weight is 282 g/mol. The largest absolute Gasteiger partial charge is 0.354 e. The van der Waals surface area contributed by atoms with Gasteiger partial charge in [-0.25, -0.2) is 0 Å². The maximum Gasteiger partial charge on any atom is 0.229 e. The van der Waals surface area contributed by atoms with E-state index in [-0.39, 0.29) is 5.28 Å². The molecule has 2 N–H and O–H groups in total. The molecule has 0 saturated heterocycles. The normalized spacial score (nSPS) is 10.5. The third-order valence-corrected chi connectivity index (χ3v) is 2.66. The Morgan fingerprint density at radius 1 is 1.21 bits per heavy atom. The highest BCUT2D eigenvalue weighted by atomic mass is 35.5. The fourth-order valence-corrected chi connectivity index (χ4v) is 1.82. The van der Waals surface area contributed by atoms with Crippen LogP contribution in [0.4, 0.5) is 11.9 Å². The van der Waals surface area contributed by atoms with Gasteiger partial charge in [0, 0.05) is 31.9 Å². The molecular weight excluding hydrogens is 266 g/mol. The van der Waals surface area contributed by atoms with Crippen LogP contribution in [0.3, 0.4) is 0 Å². The first-order chi connectivity index (χ1) is 9.08. The molecule has 0 aliphatic carbocycles. The lowest BCUT2D eigenvalue weighted by molar-refractivity contribution is 0.756. The first-order valence-corrected chi connectivity index (χ1v) is 6.34. The Labute approximate surface area is 116 Å². The minimum absolute atomic E-state index is 0.163. The number of anilines is 2. The van der Waals surface area contributed by atoms with Crippen LogP contribution in [0.1, 0.15) is 18.2 Å². The number of aromatic nitrogens is 5. The molecule has 0 amide bonds. The maximum absolute atomic E-state index is 5.84. The lowest BCUT2D eigenvalue weighted by Crippen LogP contribution is -2.09. The number of rotatable bonds is 5. The number of nitrogens with zero attached hydrogens (tertiary/aromatic N) is 5. The second kappa shape index (κ2) is 5.83. The fraction of sp³-hybridized carbons (Fsp3) is 0.455. The van der Waals surface area contributed by atoms with Gasteiger partial charge in [0.1, 0.15) is 0 Å². The fourth-order valence-electron chi connectivity index (χ4n) is 1.66. The van der Waals surface area contributed by atoms with Gasteiger partial charge in [-0.05, 0) is 25.4 Å². The zero-order valence-electron chi connectivity index (χ0n) is 11.1. The summed E-state index contributed by atoms with van der Waals surface area (Å²) in [4.78, 5) is 12.2. The molecule has 2 aromatic heterocycles. The average Bonchev–Trinajstić information content (AvgIpc) is 2.65. The van der Waals surface area contributed by atoms with Gasteiger partial charge in [0.15, 0.2) is 0 Å². The molecule has 2 aromatic rings. The molecule has 2 heterocycles. The van der Waals surface area contributed by atoms with Crippen LogP contribution in [0.15, 0.2) is 6.20 Å². The first kappa shape index (κ1) is 13.5. The number of aryl methyl sites for hydroxylation is 2. The molecule has 0 aliphatic heterocycles. The number of hydrogen-bond donors (Lipinski definition) is 2. The van der Waals surface area contributed by atoms with E-state index in [4.69, 9.17) is 11.6 Å². The van der Waals surface area contributed by atoms with E-state index in [2.05, 4.69) is 30.7 Å². The third-order valence-electron chi connectivity index (χ3n) is 2.50. The van der Waals surface area contributed by atoms with Crippen molar-refractivity contribution in [3.63, 3.8) is 0 Å². The first-order valence-electron chi connectivity index (χ1n) is 5.97. The Morgan fingerprint density at radius 2 is 1.89 bits per heavy atom. The van der Waals surface area contributed by atoms with E-state index in [0.717, 1.165) is 17.8 Å². The summed E-state index contributed by atoms with van der Waals surface area (Å²) in [5, 5.41) is 10.6. The summed E-state index contributed by atoms with van der Waals surface area (Å²) < 4.78 is 1.77. The van der Waals surface area contributed by atoms with Gasteiger partial charge >= 0.3 is 0 Å². The maximum atomic E-state index is 5.84. The number of nitrogens with one attached hydrogen (secondary N) is 2. The monoisotopic (exact) mass is 281 g/mol. The van der Waals surface area contributed by atoms with E-state index in [9.17, 15) is 0 Å². The van der Waals surface area contributed by atoms with Gasteiger partial charge in [-0.15, -0.1) is 0 Å². The Bertz CT molecular complexity index is 566. The van der Waals surface area contributed by atoms with Crippen LogP contribution in [0.25, 0.3) is 0 Å².